The van der Waals surface area contributed by atoms with E-state index in [4.69, 9.17) is 5.73 Å². The van der Waals surface area contributed by atoms with Gasteiger partial charge in [0.25, 0.3) is 5.56 Å². The third-order valence-corrected chi connectivity index (χ3v) is 6.52. The molecule has 0 unspecified atom stereocenters. The van der Waals surface area contributed by atoms with Crippen molar-refractivity contribution in [3.05, 3.63) is 62.5 Å². The number of aliphatic imine (C=N–C) groups is 1. The van der Waals surface area contributed by atoms with Gasteiger partial charge in [-0.05, 0) is 36.8 Å². The summed E-state index contributed by atoms with van der Waals surface area (Å²) in [5.41, 5.74) is 8.42. The molecule has 0 radical (unpaired) electrons. The number of hydrogen-bond acceptors (Lipinski definition) is 5. The summed E-state index contributed by atoms with van der Waals surface area (Å²) in [6.45, 7) is 0.656. The van der Waals surface area contributed by atoms with Gasteiger partial charge in [-0.2, -0.15) is 0 Å². The molecule has 26 heavy (non-hydrogen) atoms. The average molecular weight is 385 g/mol. The average Bonchev–Trinajstić information content (AvgIpc) is 3.21. The number of rotatable bonds is 5. The van der Waals surface area contributed by atoms with Crippen molar-refractivity contribution >= 4 is 38.5 Å². The number of nitrogens with one attached hydrogen (secondary N) is 1. The fourth-order valence-corrected chi connectivity index (χ4v) is 5.13. The molecule has 3 aromatic rings. The minimum absolute atomic E-state index is 0.0235. The van der Waals surface area contributed by atoms with Crippen LogP contribution < -0.4 is 11.3 Å². The van der Waals surface area contributed by atoms with Crippen LogP contribution in [0.15, 0.2) is 40.1 Å². The lowest BCUT2D eigenvalue weighted by atomic mass is 10.2. The van der Waals surface area contributed by atoms with Gasteiger partial charge >= 0.3 is 0 Å². The van der Waals surface area contributed by atoms with Crippen LogP contribution in [-0.2, 0) is 25.0 Å². The Labute approximate surface area is 159 Å². The Morgan fingerprint density at radius 1 is 1.31 bits per heavy atom. The van der Waals surface area contributed by atoms with Crippen LogP contribution in [0.5, 0.6) is 0 Å². The Kier molecular flexibility index (Phi) is 5.08. The first-order chi connectivity index (χ1) is 12.7. The van der Waals surface area contributed by atoms with Gasteiger partial charge in [0, 0.05) is 11.4 Å². The Morgan fingerprint density at radius 2 is 2.15 bits per heavy atom. The van der Waals surface area contributed by atoms with Crippen molar-refractivity contribution in [3.63, 3.8) is 0 Å². The Bertz CT molecular complexity index is 1010. The van der Waals surface area contributed by atoms with Gasteiger partial charge in [-0.3, -0.25) is 9.79 Å². The van der Waals surface area contributed by atoms with E-state index in [1.54, 1.807) is 11.3 Å². The molecule has 0 saturated heterocycles. The van der Waals surface area contributed by atoms with Crippen LogP contribution >= 0.6 is 23.1 Å². The third kappa shape index (κ3) is 3.68. The predicted molar refractivity (Wildman–Crippen MR) is 110 cm³/mol. The number of aryl methyl sites for hydroxylation is 2. The number of hydrogen-bond donors (Lipinski definition) is 2. The first-order valence-corrected chi connectivity index (χ1v) is 10.5. The minimum atomic E-state index is -0.0235. The molecule has 1 aliphatic carbocycles. The molecule has 0 saturated carbocycles. The zero-order valence-corrected chi connectivity index (χ0v) is 16.0. The van der Waals surface area contributed by atoms with E-state index in [9.17, 15) is 4.79 Å². The van der Waals surface area contributed by atoms with E-state index in [2.05, 4.69) is 27.1 Å². The highest BCUT2D eigenvalue weighted by Gasteiger charge is 2.21. The van der Waals surface area contributed by atoms with Crippen molar-refractivity contribution in [2.24, 2.45) is 10.7 Å². The van der Waals surface area contributed by atoms with Crippen LogP contribution in [0.3, 0.4) is 0 Å². The second-order valence-electron chi connectivity index (χ2n) is 6.29. The number of benzene rings is 1. The van der Waals surface area contributed by atoms with Crippen molar-refractivity contribution in [1.82, 2.24) is 9.97 Å². The van der Waals surface area contributed by atoms with Crippen molar-refractivity contribution in [2.45, 2.75) is 31.4 Å². The highest BCUT2D eigenvalue weighted by Crippen LogP contribution is 2.34. The SMILES string of the molecule is NC(=NCCc1ccccc1)SCc1nc2sc3c(c2c(=O)[nH]1)CCC3. The van der Waals surface area contributed by atoms with Gasteiger partial charge in [0.05, 0.1) is 11.1 Å². The van der Waals surface area contributed by atoms with E-state index in [0.717, 1.165) is 35.9 Å². The van der Waals surface area contributed by atoms with Crippen molar-refractivity contribution in [2.75, 3.05) is 6.54 Å². The predicted octanol–water partition coefficient (Wildman–Crippen LogP) is 3.26. The fourth-order valence-electron chi connectivity index (χ4n) is 3.24. The summed E-state index contributed by atoms with van der Waals surface area (Å²) in [5.74, 6) is 1.18. The molecule has 3 N–H and O–H groups in total. The zero-order valence-electron chi connectivity index (χ0n) is 14.3. The summed E-state index contributed by atoms with van der Waals surface area (Å²) < 4.78 is 0. The first-order valence-electron chi connectivity index (χ1n) is 8.71. The van der Waals surface area contributed by atoms with Crippen molar-refractivity contribution in [1.29, 1.82) is 0 Å². The molecule has 5 nitrogen and oxygen atoms in total. The van der Waals surface area contributed by atoms with Gasteiger partial charge in [0.2, 0.25) is 0 Å². The van der Waals surface area contributed by atoms with Gasteiger partial charge in [-0.25, -0.2) is 4.98 Å². The lowest BCUT2D eigenvalue weighted by Crippen LogP contribution is -2.13. The molecule has 2 aromatic heterocycles. The van der Waals surface area contributed by atoms with Crippen LogP contribution in [-0.4, -0.2) is 21.7 Å². The summed E-state index contributed by atoms with van der Waals surface area (Å²) in [5, 5.41) is 1.32. The maximum absolute atomic E-state index is 12.4. The van der Waals surface area contributed by atoms with Crippen LogP contribution in [0.2, 0.25) is 0 Å². The molecular formula is C19H20N4OS2. The van der Waals surface area contributed by atoms with E-state index in [0.29, 0.717) is 23.3 Å². The molecule has 0 spiro atoms. The van der Waals surface area contributed by atoms with Gasteiger partial charge < -0.3 is 10.7 Å². The standard InChI is InChI=1S/C19H20N4OS2/c20-19(21-10-9-12-5-2-1-3-6-12)25-11-15-22-17(24)16-13-7-4-8-14(13)26-18(16)23-15/h1-3,5-6H,4,7-11H2,(H2,20,21)(H,22,23,24). The van der Waals surface area contributed by atoms with Gasteiger partial charge in [-0.1, -0.05) is 42.1 Å². The molecule has 0 bridgehead atoms. The number of nitrogens with two attached hydrogens (primary N) is 1. The normalized spacial score (nSPS) is 14.1. The van der Waals surface area contributed by atoms with Gasteiger partial charge in [0.15, 0.2) is 5.17 Å². The Hall–Kier alpha value is -2.12. The Balaban J connectivity index is 1.39. The molecule has 4 rings (SSSR count). The lowest BCUT2D eigenvalue weighted by molar-refractivity contribution is 0.916. The molecular weight excluding hydrogens is 364 g/mol. The van der Waals surface area contributed by atoms with Crippen LogP contribution in [0.25, 0.3) is 10.2 Å². The van der Waals surface area contributed by atoms with Crippen LogP contribution in [0, 0.1) is 0 Å². The molecule has 0 aliphatic heterocycles. The van der Waals surface area contributed by atoms with Crippen molar-refractivity contribution in [3.8, 4) is 0 Å². The molecule has 0 amide bonds. The first kappa shape index (κ1) is 17.3. The van der Waals surface area contributed by atoms with E-state index in [1.165, 1.54) is 27.8 Å². The van der Waals surface area contributed by atoms with Gasteiger partial charge in [0.1, 0.15) is 10.7 Å². The van der Waals surface area contributed by atoms with Crippen LogP contribution in [0.1, 0.15) is 28.2 Å². The summed E-state index contributed by atoms with van der Waals surface area (Å²) >= 11 is 3.07. The number of aromatic amines is 1. The highest BCUT2D eigenvalue weighted by molar-refractivity contribution is 8.13. The maximum atomic E-state index is 12.4. The summed E-state index contributed by atoms with van der Waals surface area (Å²) in [6, 6.07) is 10.2. The number of nitrogens with zero attached hydrogens (tertiary/aromatic N) is 2. The quantitative estimate of drug-likeness (QED) is 0.522. The van der Waals surface area contributed by atoms with E-state index < -0.39 is 0 Å². The number of aromatic nitrogens is 2. The summed E-state index contributed by atoms with van der Waals surface area (Å²) in [4.78, 5) is 26.6. The molecule has 0 atom stereocenters. The monoisotopic (exact) mass is 384 g/mol. The molecule has 1 aliphatic rings. The number of fused-ring (bicyclic) bond motifs is 3. The number of amidine groups is 1. The second kappa shape index (κ2) is 7.63. The van der Waals surface area contributed by atoms with Crippen molar-refractivity contribution < 1.29 is 0 Å². The van der Waals surface area contributed by atoms with E-state index in [1.807, 2.05) is 18.2 Å². The fraction of sp³-hybridized carbons (Fsp3) is 0.316. The summed E-state index contributed by atoms with van der Waals surface area (Å²) in [7, 11) is 0. The second-order valence-corrected chi connectivity index (χ2v) is 8.37. The third-order valence-electron chi connectivity index (χ3n) is 4.49. The topological polar surface area (TPSA) is 84.1 Å². The number of H-pyrrole nitrogens is 1. The number of thiophene rings is 1. The maximum Gasteiger partial charge on any atom is 0.259 e. The highest BCUT2D eigenvalue weighted by atomic mass is 32.2. The zero-order chi connectivity index (χ0) is 17.9. The van der Waals surface area contributed by atoms with E-state index in [-0.39, 0.29) is 5.56 Å². The Morgan fingerprint density at radius 3 is 3.00 bits per heavy atom. The molecule has 1 aromatic carbocycles. The van der Waals surface area contributed by atoms with Crippen LogP contribution in [0.4, 0.5) is 0 Å². The molecule has 7 heteroatoms. The summed E-state index contributed by atoms with van der Waals surface area (Å²) in [6.07, 6.45) is 4.07. The molecule has 0 fully saturated rings. The number of thioether (sulfide) groups is 1. The lowest BCUT2D eigenvalue weighted by Gasteiger charge is -2.02. The molecule has 2 heterocycles. The van der Waals surface area contributed by atoms with E-state index >= 15 is 0 Å². The minimum Gasteiger partial charge on any atom is -0.379 e. The smallest absolute Gasteiger partial charge is 0.259 e. The molecule has 134 valence electrons. The largest absolute Gasteiger partial charge is 0.379 e. The van der Waals surface area contributed by atoms with Gasteiger partial charge in [-0.15, -0.1) is 11.3 Å².